The van der Waals surface area contributed by atoms with Crippen LogP contribution in [0.4, 0.5) is 5.69 Å². The molecule has 21 heavy (non-hydrogen) atoms. The molecule has 0 atom stereocenters. The van der Waals surface area contributed by atoms with Crippen LogP contribution >= 0.6 is 0 Å². The zero-order valence-corrected chi connectivity index (χ0v) is 12.7. The van der Waals surface area contributed by atoms with Crippen LogP contribution in [-0.4, -0.2) is 43.8 Å². The Bertz CT molecular complexity index is 656. The number of hydrogen-bond donors (Lipinski definition) is 0. The maximum absolute atomic E-state index is 12.5. The Morgan fingerprint density at radius 2 is 2.05 bits per heavy atom. The van der Waals surface area contributed by atoms with Crippen LogP contribution in [0.3, 0.4) is 0 Å². The van der Waals surface area contributed by atoms with Crippen molar-refractivity contribution in [3.05, 3.63) is 33.9 Å². The third kappa shape index (κ3) is 3.56. The lowest BCUT2D eigenvalue weighted by atomic mass is 10.2. The minimum absolute atomic E-state index is 0.0332. The number of benzene rings is 1. The van der Waals surface area contributed by atoms with Gasteiger partial charge in [0.05, 0.1) is 16.9 Å². The number of nitro groups is 1. The molecule has 0 heterocycles. The highest BCUT2D eigenvalue weighted by Crippen LogP contribution is 2.27. The summed E-state index contributed by atoms with van der Waals surface area (Å²) in [5.74, 6) is -0.705. The molecule has 0 amide bonds. The minimum atomic E-state index is -4.01. The van der Waals surface area contributed by atoms with Crippen LogP contribution in [0.5, 0.6) is 0 Å². The van der Waals surface area contributed by atoms with Gasteiger partial charge in [-0.05, 0) is 13.0 Å². The molecule has 0 aromatic heterocycles. The molecule has 1 aromatic rings. The summed E-state index contributed by atoms with van der Waals surface area (Å²) in [6.45, 7) is 2.52. The fraction of sp³-hybridized carbons (Fsp3) is 0.417. The molecule has 8 nitrogen and oxygen atoms in total. The Morgan fingerprint density at radius 1 is 1.43 bits per heavy atom. The number of ether oxygens (including phenoxy) is 1. The van der Waals surface area contributed by atoms with E-state index in [2.05, 4.69) is 4.74 Å². The highest BCUT2D eigenvalue weighted by atomic mass is 32.2. The highest BCUT2D eigenvalue weighted by Gasteiger charge is 2.29. The Labute approximate surface area is 122 Å². The third-order valence-corrected chi connectivity index (χ3v) is 5.02. The van der Waals surface area contributed by atoms with Gasteiger partial charge in [-0.2, -0.15) is 4.31 Å². The van der Waals surface area contributed by atoms with Gasteiger partial charge in [-0.25, -0.2) is 8.42 Å². The van der Waals surface area contributed by atoms with Gasteiger partial charge in [0.2, 0.25) is 10.0 Å². The largest absolute Gasteiger partial charge is 0.468 e. The summed E-state index contributed by atoms with van der Waals surface area (Å²) in [6, 6.07) is 3.80. The van der Waals surface area contributed by atoms with Crippen LogP contribution in [0, 0.1) is 17.0 Å². The lowest BCUT2D eigenvalue weighted by molar-refractivity contribution is -0.385. The lowest BCUT2D eigenvalue weighted by Crippen LogP contribution is -2.36. The van der Waals surface area contributed by atoms with Gasteiger partial charge in [0.1, 0.15) is 6.54 Å². The van der Waals surface area contributed by atoms with Crippen LogP contribution in [0.2, 0.25) is 0 Å². The molecule has 0 spiro atoms. The topological polar surface area (TPSA) is 107 Å². The lowest BCUT2D eigenvalue weighted by Gasteiger charge is -2.20. The molecule has 0 aliphatic rings. The minimum Gasteiger partial charge on any atom is -0.468 e. The van der Waals surface area contributed by atoms with E-state index >= 15 is 0 Å². The van der Waals surface area contributed by atoms with Crippen molar-refractivity contribution < 1.29 is 22.9 Å². The summed E-state index contributed by atoms with van der Waals surface area (Å²) >= 11 is 0. The van der Waals surface area contributed by atoms with Gasteiger partial charge in [0.25, 0.3) is 5.69 Å². The van der Waals surface area contributed by atoms with Crippen molar-refractivity contribution in [2.45, 2.75) is 18.7 Å². The zero-order valence-electron chi connectivity index (χ0n) is 11.9. The van der Waals surface area contributed by atoms with Gasteiger partial charge in [-0.1, -0.05) is 13.0 Å². The monoisotopic (exact) mass is 316 g/mol. The maximum atomic E-state index is 12.5. The Kier molecular flexibility index (Phi) is 5.39. The first kappa shape index (κ1) is 17.1. The number of nitro benzene ring substituents is 1. The van der Waals surface area contributed by atoms with Crippen LogP contribution in [-0.2, 0) is 19.6 Å². The second-order valence-corrected chi connectivity index (χ2v) is 6.07. The molecule has 116 valence electrons. The predicted octanol–water partition coefficient (Wildman–Crippen LogP) is 1.09. The molecule has 0 aliphatic carbocycles. The predicted molar refractivity (Wildman–Crippen MR) is 74.3 cm³/mol. The second-order valence-electron chi connectivity index (χ2n) is 4.16. The molecule has 9 heteroatoms. The molecular weight excluding hydrogens is 300 g/mol. The van der Waals surface area contributed by atoms with Gasteiger partial charge in [-0.3, -0.25) is 14.9 Å². The number of methoxy groups -OCH3 is 1. The van der Waals surface area contributed by atoms with Crippen molar-refractivity contribution in [1.82, 2.24) is 4.31 Å². The Hall–Kier alpha value is -2.00. The van der Waals surface area contributed by atoms with Crippen molar-refractivity contribution in [3.8, 4) is 0 Å². The summed E-state index contributed by atoms with van der Waals surface area (Å²) in [5, 5.41) is 10.9. The van der Waals surface area contributed by atoms with E-state index in [-0.39, 0.29) is 22.7 Å². The van der Waals surface area contributed by atoms with Crippen LogP contribution in [0.1, 0.15) is 12.5 Å². The van der Waals surface area contributed by atoms with E-state index in [1.54, 1.807) is 6.92 Å². The van der Waals surface area contributed by atoms with E-state index in [4.69, 9.17) is 0 Å². The van der Waals surface area contributed by atoms with E-state index in [0.717, 1.165) is 11.4 Å². The van der Waals surface area contributed by atoms with Crippen LogP contribution in [0.25, 0.3) is 0 Å². The number of likely N-dealkylation sites (N-methyl/N-ethyl adjacent to an activating group) is 1. The molecule has 0 N–H and O–H groups in total. The maximum Gasteiger partial charge on any atom is 0.321 e. The number of sulfonamides is 1. The molecular formula is C12H16N2O6S. The van der Waals surface area contributed by atoms with Crippen molar-refractivity contribution in [1.29, 1.82) is 0 Å². The number of esters is 1. The van der Waals surface area contributed by atoms with Crippen molar-refractivity contribution >= 4 is 21.7 Å². The smallest absolute Gasteiger partial charge is 0.321 e. The van der Waals surface area contributed by atoms with E-state index in [0.29, 0.717) is 0 Å². The molecule has 0 aliphatic heterocycles. The Balaban J connectivity index is 3.33. The standard InChI is InChI=1S/C12H16N2O6S/c1-4-13(8-12(15)20-3)21(18,19)11-7-5-6-10(9(11)2)14(16)17/h5-7H,4,8H2,1-3H3. The van der Waals surface area contributed by atoms with Crippen molar-refractivity contribution in [3.63, 3.8) is 0 Å². The van der Waals surface area contributed by atoms with E-state index in [9.17, 15) is 23.3 Å². The third-order valence-electron chi connectivity index (χ3n) is 2.96. The summed E-state index contributed by atoms with van der Waals surface area (Å²) < 4.78 is 30.4. The molecule has 0 unspecified atom stereocenters. The zero-order chi connectivity index (χ0) is 16.2. The van der Waals surface area contributed by atoms with Gasteiger partial charge in [0.15, 0.2) is 0 Å². The Morgan fingerprint density at radius 3 is 2.52 bits per heavy atom. The van der Waals surface area contributed by atoms with E-state index in [1.165, 1.54) is 25.1 Å². The first-order chi connectivity index (χ1) is 9.75. The van der Waals surface area contributed by atoms with Crippen molar-refractivity contribution in [2.75, 3.05) is 20.2 Å². The van der Waals surface area contributed by atoms with Gasteiger partial charge in [0, 0.05) is 18.2 Å². The number of carbonyl (C=O) groups excluding carboxylic acids is 1. The molecule has 0 saturated heterocycles. The summed E-state index contributed by atoms with van der Waals surface area (Å²) in [6.07, 6.45) is 0. The molecule has 0 saturated carbocycles. The van der Waals surface area contributed by atoms with Crippen molar-refractivity contribution in [2.24, 2.45) is 0 Å². The van der Waals surface area contributed by atoms with Crippen LogP contribution < -0.4 is 0 Å². The number of carbonyl (C=O) groups is 1. The van der Waals surface area contributed by atoms with Gasteiger partial charge in [-0.15, -0.1) is 0 Å². The normalized spacial score (nSPS) is 11.4. The second kappa shape index (κ2) is 6.64. The van der Waals surface area contributed by atoms with E-state index < -0.39 is 27.5 Å². The van der Waals surface area contributed by atoms with Gasteiger partial charge < -0.3 is 4.74 Å². The summed E-state index contributed by atoms with van der Waals surface area (Å²) in [5.41, 5.74) is -0.254. The average Bonchev–Trinajstić information content (AvgIpc) is 2.43. The number of rotatable bonds is 6. The summed E-state index contributed by atoms with van der Waals surface area (Å²) in [7, 11) is -2.86. The molecule has 0 bridgehead atoms. The molecule has 0 radical (unpaired) electrons. The number of nitrogens with zero attached hydrogens (tertiary/aromatic N) is 2. The SMILES string of the molecule is CCN(CC(=O)OC)S(=O)(=O)c1cccc([N+](=O)[O-])c1C. The van der Waals surface area contributed by atoms with Crippen LogP contribution in [0.15, 0.2) is 23.1 Å². The first-order valence-electron chi connectivity index (χ1n) is 6.06. The fourth-order valence-corrected chi connectivity index (χ4v) is 3.43. The number of hydrogen-bond acceptors (Lipinski definition) is 6. The average molecular weight is 316 g/mol. The first-order valence-corrected chi connectivity index (χ1v) is 7.50. The highest BCUT2D eigenvalue weighted by molar-refractivity contribution is 7.89. The molecule has 0 fully saturated rings. The van der Waals surface area contributed by atoms with Gasteiger partial charge >= 0.3 is 5.97 Å². The van der Waals surface area contributed by atoms with E-state index in [1.807, 2.05) is 0 Å². The molecule has 1 aromatic carbocycles. The fourth-order valence-electron chi connectivity index (χ4n) is 1.79. The molecule has 1 rings (SSSR count). The summed E-state index contributed by atoms with van der Waals surface area (Å²) in [4.78, 5) is 21.3. The quantitative estimate of drug-likeness (QED) is 0.441.